The second kappa shape index (κ2) is 3.93. The molecule has 1 aromatic heterocycles. The van der Waals surface area contributed by atoms with Gasteiger partial charge in [-0.2, -0.15) is 0 Å². The van der Waals surface area contributed by atoms with Gasteiger partial charge >= 0.3 is 0 Å². The quantitative estimate of drug-likeness (QED) is 0.775. The molecule has 0 saturated heterocycles. The molecule has 1 aromatic rings. The van der Waals surface area contributed by atoms with Gasteiger partial charge in [0.2, 0.25) is 0 Å². The molecule has 2 rings (SSSR count). The fourth-order valence-electron chi connectivity index (χ4n) is 1.86. The van der Waals surface area contributed by atoms with Crippen molar-refractivity contribution < 1.29 is 5.11 Å². The largest absolute Gasteiger partial charge is 0.388 e. The molecule has 0 saturated carbocycles. The first-order valence-electron chi connectivity index (χ1n) is 5.15. The highest BCUT2D eigenvalue weighted by atomic mass is 16.3. The van der Waals surface area contributed by atoms with Crippen molar-refractivity contribution in [3.05, 3.63) is 35.2 Å². The Bertz CT molecular complexity index is 357. The smallest absolute Gasteiger partial charge is 0.0794 e. The zero-order chi connectivity index (χ0) is 9.97. The summed E-state index contributed by atoms with van der Waals surface area (Å²) in [5, 5.41) is 9.82. The number of hydrogen-bond donors (Lipinski definition) is 1. The van der Waals surface area contributed by atoms with E-state index < -0.39 is 0 Å². The van der Waals surface area contributed by atoms with Gasteiger partial charge in [0.25, 0.3) is 0 Å². The van der Waals surface area contributed by atoms with Gasteiger partial charge < -0.3 is 5.11 Å². The first kappa shape index (κ1) is 9.41. The highest BCUT2D eigenvalue weighted by Crippen LogP contribution is 2.26. The third-order valence-electron chi connectivity index (χ3n) is 2.68. The van der Waals surface area contributed by atoms with E-state index >= 15 is 0 Å². The van der Waals surface area contributed by atoms with Gasteiger partial charge in [-0.25, -0.2) is 0 Å². The Balaban J connectivity index is 2.47. The average Bonchev–Trinajstić information content (AvgIpc) is 2.27. The van der Waals surface area contributed by atoms with Gasteiger partial charge in [0.15, 0.2) is 0 Å². The molecule has 2 nitrogen and oxygen atoms in total. The molecule has 0 aliphatic heterocycles. The van der Waals surface area contributed by atoms with E-state index in [1.807, 2.05) is 13.0 Å². The van der Waals surface area contributed by atoms with Crippen LogP contribution >= 0.6 is 0 Å². The molecule has 1 aliphatic rings. The van der Waals surface area contributed by atoms with Crippen molar-refractivity contribution in [2.24, 2.45) is 0 Å². The topological polar surface area (TPSA) is 33.1 Å². The predicted molar refractivity (Wildman–Crippen MR) is 56.8 cm³/mol. The van der Waals surface area contributed by atoms with Gasteiger partial charge in [0.05, 0.1) is 6.10 Å². The molecule has 2 heteroatoms. The Hall–Kier alpha value is -1.15. The molecule has 1 unspecified atom stereocenters. The summed E-state index contributed by atoms with van der Waals surface area (Å²) in [5.74, 6) is 0. The molecular formula is C12H15NO. The number of aliphatic hydroxyl groups excluding tert-OH is 1. The SMILES string of the molecule is CCC(O)c1ccnc2c1C=CCC2. The second-order valence-electron chi connectivity index (χ2n) is 3.63. The summed E-state index contributed by atoms with van der Waals surface area (Å²) in [6.07, 6.45) is 8.49. The van der Waals surface area contributed by atoms with E-state index in [0.717, 1.165) is 36.1 Å². The summed E-state index contributed by atoms with van der Waals surface area (Å²) in [4.78, 5) is 4.33. The molecule has 1 atom stereocenters. The van der Waals surface area contributed by atoms with Crippen molar-refractivity contribution in [1.29, 1.82) is 0 Å². The monoisotopic (exact) mass is 189 g/mol. The van der Waals surface area contributed by atoms with Crippen LogP contribution in [0.15, 0.2) is 18.3 Å². The van der Waals surface area contributed by atoms with Crippen molar-refractivity contribution in [3.8, 4) is 0 Å². The van der Waals surface area contributed by atoms with Gasteiger partial charge in [0.1, 0.15) is 0 Å². The lowest BCUT2D eigenvalue weighted by atomic mass is 9.94. The summed E-state index contributed by atoms with van der Waals surface area (Å²) >= 11 is 0. The van der Waals surface area contributed by atoms with Crippen LogP contribution in [0.25, 0.3) is 6.08 Å². The molecular weight excluding hydrogens is 174 g/mol. The van der Waals surface area contributed by atoms with Crippen LogP contribution in [0.5, 0.6) is 0 Å². The molecule has 0 bridgehead atoms. The average molecular weight is 189 g/mol. The van der Waals surface area contributed by atoms with Crippen LogP contribution in [0, 0.1) is 0 Å². The molecule has 0 radical (unpaired) electrons. The van der Waals surface area contributed by atoms with Crippen molar-refractivity contribution in [1.82, 2.24) is 4.98 Å². The van der Waals surface area contributed by atoms with Crippen LogP contribution in [-0.4, -0.2) is 10.1 Å². The lowest BCUT2D eigenvalue weighted by Crippen LogP contribution is -2.05. The number of allylic oxidation sites excluding steroid dienone is 1. The van der Waals surface area contributed by atoms with E-state index in [4.69, 9.17) is 0 Å². The minimum absolute atomic E-state index is 0.352. The van der Waals surface area contributed by atoms with Gasteiger partial charge in [0, 0.05) is 17.5 Å². The highest BCUT2D eigenvalue weighted by Gasteiger charge is 2.14. The van der Waals surface area contributed by atoms with Crippen molar-refractivity contribution in [2.45, 2.75) is 32.3 Å². The molecule has 0 fully saturated rings. The Morgan fingerprint density at radius 2 is 2.43 bits per heavy atom. The second-order valence-corrected chi connectivity index (χ2v) is 3.63. The lowest BCUT2D eigenvalue weighted by molar-refractivity contribution is 0.173. The van der Waals surface area contributed by atoms with Gasteiger partial charge in [-0.15, -0.1) is 0 Å². The molecule has 1 N–H and O–H groups in total. The maximum atomic E-state index is 9.82. The van der Waals surface area contributed by atoms with Crippen LogP contribution < -0.4 is 0 Å². The number of nitrogens with zero attached hydrogens (tertiary/aromatic N) is 1. The number of fused-ring (bicyclic) bond motifs is 1. The van der Waals surface area contributed by atoms with E-state index in [9.17, 15) is 5.11 Å². The van der Waals surface area contributed by atoms with Crippen LogP contribution in [0.1, 0.15) is 42.7 Å². The number of aromatic nitrogens is 1. The number of hydrogen-bond acceptors (Lipinski definition) is 2. The first-order chi connectivity index (χ1) is 6.83. The van der Waals surface area contributed by atoms with E-state index in [1.54, 1.807) is 6.20 Å². The normalized spacial score (nSPS) is 16.4. The first-order valence-corrected chi connectivity index (χ1v) is 5.15. The summed E-state index contributed by atoms with van der Waals surface area (Å²) in [5.41, 5.74) is 3.28. The predicted octanol–water partition coefficient (Wildman–Crippen LogP) is 2.48. The van der Waals surface area contributed by atoms with E-state index in [1.165, 1.54) is 0 Å². The Morgan fingerprint density at radius 1 is 1.57 bits per heavy atom. The lowest BCUT2D eigenvalue weighted by Gasteiger charge is -2.16. The zero-order valence-electron chi connectivity index (χ0n) is 8.40. The summed E-state index contributed by atoms with van der Waals surface area (Å²) in [7, 11) is 0. The minimum atomic E-state index is -0.352. The Labute approximate surface area is 84.3 Å². The van der Waals surface area contributed by atoms with Gasteiger partial charge in [-0.05, 0) is 30.9 Å². The molecule has 14 heavy (non-hydrogen) atoms. The summed E-state index contributed by atoms with van der Waals surface area (Å²) < 4.78 is 0. The number of aryl methyl sites for hydroxylation is 1. The van der Waals surface area contributed by atoms with Gasteiger partial charge in [-0.3, -0.25) is 4.98 Å². The van der Waals surface area contributed by atoms with E-state index in [-0.39, 0.29) is 6.10 Å². The van der Waals surface area contributed by atoms with Crippen molar-refractivity contribution >= 4 is 6.08 Å². The molecule has 74 valence electrons. The zero-order valence-corrected chi connectivity index (χ0v) is 8.40. The fraction of sp³-hybridized carbons (Fsp3) is 0.417. The third-order valence-corrected chi connectivity index (χ3v) is 2.68. The van der Waals surface area contributed by atoms with Gasteiger partial charge in [-0.1, -0.05) is 19.1 Å². The summed E-state index contributed by atoms with van der Waals surface area (Å²) in [6, 6.07) is 1.92. The maximum absolute atomic E-state index is 9.82. The highest BCUT2D eigenvalue weighted by molar-refractivity contribution is 5.58. The molecule has 1 heterocycles. The summed E-state index contributed by atoms with van der Waals surface area (Å²) in [6.45, 7) is 1.99. The van der Waals surface area contributed by atoms with Crippen molar-refractivity contribution in [3.63, 3.8) is 0 Å². The Morgan fingerprint density at radius 3 is 3.21 bits per heavy atom. The van der Waals surface area contributed by atoms with Crippen molar-refractivity contribution in [2.75, 3.05) is 0 Å². The van der Waals surface area contributed by atoms with Crippen LogP contribution in [0.2, 0.25) is 0 Å². The molecule has 0 aromatic carbocycles. The molecule has 1 aliphatic carbocycles. The van der Waals surface area contributed by atoms with Crippen LogP contribution in [0.4, 0.5) is 0 Å². The van der Waals surface area contributed by atoms with Crippen LogP contribution in [-0.2, 0) is 6.42 Å². The fourth-order valence-corrected chi connectivity index (χ4v) is 1.86. The van der Waals surface area contributed by atoms with Crippen LogP contribution in [0.3, 0.4) is 0 Å². The minimum Gasteiger partial charge on any atom is -0.388 e. The number of pyridine rings is 1. The number of aliphatic hydroxyl groups is 1. The molecule has 0 amide bonds. The number of rotatable bonds is 2. The molecule has 0 spiro atoms. The van der Waals surface area contributed by atoms with E-state index in [0.29, 0.717) is 0 Å². The third kappa shape index (κ3) is 1.58. The maximum Gasteiger partial charge on any atom is 0.0794 e. The standard InChI is InChI=1S/C12H15NO/c1-2-12(14)10-7-8-13-11-6-4-3-5-9(10)11/h3,5,7-8,12,14H,2,4,6H2,1H3. The van der Waals surface area contributed by atoms with E-state index in [2.05, 4.69) is 17.1 Å². The Kier molecular flexibility index (Phi) is 2.64.